The standard InChI is InChI=1S/C14H28N2O/c1-11(2)12(15)7-8-16-9-10-17-14-6-4-3-5-13(14)16/h11-14H,3-10,15H2,1-2H3. The molecule has 3 heteroatoms. The van der Waals surface area contributed by atoms with E-state index < -0.39 is 0 Å². The highest BCUT2D eigenvalue weighted by Gasteiger charge is 2.33. The lowest BCUT2D eigenvalue weighted by Gasteiger charge is -2.44. The third kappa shape index (κ3) is 3.43. The van der Waals surface area contributed by atoms with E-state index in [1.165, 1.54) is 25.7 Å². The summed E-state index contributed by atoms with van der Waals surface area (Å²) in [6.45, 7) is 7.61. The van der Waals surface area contributed by atoms with Gasteiger partial charge in [-0.15, -0.1) is 0 Å². The van der Waals surface area contributed by atoms with Crippen LogP contribution in [0.3, 0.4) is 0 Å². The van der Waals surface area contributed by atoms with Crippen molar-refractivity contribution in [2.75, 3.05) is 19.7 Å². The van der Waals surface area contributed by atoms with Crippen LogP contribution in [0.5, 0.6) is 0 Å². The molecule has 3 nitrogen and oxygen atoms in total. The lowest BCUT2D eigenvalue weighted by Crippen LogP contribution is -2.53. The van der Waals surface area contributed by atoms with Gasteiger partial charge in [-0.05, 0) is 25.2 Å². The summed E-state index contributed by atoms with van der Waals surface area (Å²) in [5.41, 5.74) is 6.14. The van der Waals surface area contributed by atoms with Crippen LogP contribution >= 0.6 is 0 Å². The fraction of sp³-hybridized carbons (Fsp3) is 1.00. The van der Waals surface area contributed by atoms with Crippen molar-refractivity contribution in [3.8, 4) is 0 Å². The molecule has 100 valence electrons. The van der Waals surface area contributed by atoms with Gasteiger partial charge in [0.1, 0.15) is 0 Å². The topological polar surface area (TPSA) is 38.5 Å². The quantitative estimate of drug-likeness (QED) is 0.817. The highest BCUT2D eigenvalue weighted by Crippen LogP contribution is 2.28. The zero-order valence-corrected chi connectivity index (χ0v) is 11.4. The van der Waals surface area contributed by atoms with Crippen LogP contribution in [-0.2, 0) is 4.74 Å². The molecule has 0 aromatic heterocycles. The van der Waals surface area contributed by atoms with E-state index >= 15 is 0 Å². The summed E-state index contributed by atoms with van der Waals surface area (Å²) in [5, 5.41) is 0. The van der Waals surface area contributed by atoms with Crippen molar-refractivity contribution in [3.63, 3.8) is 0 Å². The predicted octanol–water partition coefficient (Wildman–Crippen LogP) is 2.00. The van der Waals surface area contributed by atoms with Gasteiger partial charge < -0.3 is 10.5 Å². The predicted molar refractivity (Wildman–Crippen MR) is 71.0 cm³/mol. The summed E-state index contributed by atoms with van der Waals surface area (Å²) >= 11 is 0. The molecule has 2 N–H and O–H groups in total. The summed E-state index contributed by atoms with van der Waals surface area (Å²) in [7, 11) is 0. The maximum Gasteiger partial charge on any atom is 0.0730 e. The molecule has 0 aromatic carbocycles. The van der Waals surface area contributed by atoms with Crippen LogP contribution in [0.2, 0.25) is 0 Å². The number of morpholine rings is 1. The van der Waals surface area contributed by atoms with Crippen molar-refractivity contribution in [2.45, 2.75) is 64.1 Å². The van der Waals surface area contributed by atoms with E-state index in [0.717, 1.165) is 26.1 Å². The average molecular weight is 240 g/mol. The smallest absolute Gasteiger partial charge is 0.0730 e. The Morgan fingerprint density at radius 2 is 2.06 bits per heavy atom. The van der Waals surface area contributed by atoms with E-state index in [9.17, 15) is 0 Å². The van der Waals surface area contributed by atoms with E-state index in [-0.39, 0.29) is 0 Å². The number of nitrogens with zero attached hydrogens (tertiary/aromatic N) is 1. The molecule has 1 heterocycles. The molecule has 17 heavy (non-hydrogen) atoms. The van der Waals surface area contributed by atoms with Crippen LogP contribution in [-0.4, -0.2) is 42.8 Å². The Labute approximate surface area is 106 Å². The Hall–Kier alpha value is -0.120. The van der Waals surface area contributed by atoms with Gasteiger partial charge in [-0.25, -0.2) is 0 Å². The first-order valence-electron chi connectivity index (χ1n) is 7.29. The highest BCUT2D eigenvalue weighted by molar-refractivity contribution is 4.87. The van der Waals surface area contributed by atoms with Crippen molar-refractivity contribution < 1.29 is 4.74 Å². The van der Waals surface area contributed by atoms with Crippen LogP contribution in [0, 0.1) is 5.92 Å². The largest absolute Gasteiger partial charge is 0.375 e. The molecule has 2 aliphatic rings. The first-order chi connectivity index (χ1) is 8.18. The fourth-order valence-corrected chi connectivity index (χ4v) is 3.10. The number of hydrogen-bond acceptors (Lipinski definition) is 3. The summed E-state index contributed by atoms with van der Waals surface area (Å²) in [6, 6.07) is 1.02. The van der Waals surface area contributed by atoms with Crippen molar-refractivity contribution in [2.24, 2.45) is 11.7 Å². The van der Waals surface area contributed by atoms with E-state index in [1.54, 1.807) is 0 Å². The number of rotatable bonds is 4. The van der Waals surface area contributed by atoms with Crippen LogP contribution < -0.4 is 5.73 Å². The van der Waals surface area contributed by atoms with Crippen molar-refractivity contribution in [1.82, 2.24) is 4.90 Å². The lowest BCUT2D eigenvalue weighted by atomic mass is 9.89. The van der Waals surface area contributed by atoms with E-state index in [0.29, 0.717) is 24.1 Å². The maximum absolute atomic E-state index is 6.14. The first kappa shape index (κ1) is 13.3. The first-order valence-corrected chi connectivity index (χ1v) is 7.29. The molecule has 3 atom stereocenters. The molecule has 1 aliphatic carbocycles. The Kier molecular flexibility index (Phi) is 4.83. The van der Waals surface area contributed by atoms with Crippen LogP contribution in [0.25, 0.3) is 0 Å². The molecule has 3 unspecified atom stereocenters. The summed E-state index contributed by atoms with van der Waals surface area (Å²) in [6.07, 6.45) is 6.94. The number of ether oxygens (including phenoxy) is 1. The zero-order chi connectivity index (χ0) is 12.3. The van der Waals surface area contributed by atoms with Crippen molar-refractivity contribution in [3.05, 3.63) is 0 Å². The molecule has 0 amide bonds. The Balaban J connectivity index is 1.82. The number of hydrogen-bond donors (Lipinski definition) is 1. The normalized spacial score (nSPS) is 32.5. The van der Waals surface area contributed by atoms with Crippen LogP contribution in [0.15, 0.2) is 0 Å². The molecular weight excluding hydrogens is 212 g/mol. The Morgan fingerprint density at radius 3 is 2.82 bits per heavy atom. The van der Waals surface area contributed by atoms with Gasteiger partial charge in [-0.2, -0.15) is 0 Å². The third-order valence-electron chi connectivity index (χ3n) is 4.45. The SMILES string of the molecule is CC(C)C(N)CCN1CCOC2CCCCC21. The van der Waals surface area contributed by atoms with Gasteiger partial charge in [0.05, 0.1) is 12.7 Å². The molecule has 2 rings (SSSR count). The summed E-state index contributed by atoms with van der Waals surface area (Å²) in [4.78, 5) is 2.63. The molecular formula is C14H28N2O. The second-order valence-electron chi connectivity index (χ2n) is 5.99. The van der Waals surface area contributed by atoms with Gasteiger partial charge in [0.15, 0.2) is 0 Å². The molecule has 1 aliphatic heterocycles. The second-order valence-corrected chi connectivity index (χ2v) is 5.99. The molecule has 2 fully saturated rings. The number of nitrogens with two attached hydrogens (primary N) is 1. The van der Waals surface area contributed by atoms with Gasteiger partial charge in [-0.1, -0.05) is 26.7 Å². The zero-order valence-electron chi connectivity index (χ0n) is 11.4. The van der Waals surface area contributed by atoms with Gasteiger partial charge in [0.25, 0.3) is 0 Å². The molecule has 0 aromatic rings. The van der Waals surface area contributed by atoms with E-state index in [2.05, 4.69) is 18.7 Å². The average Bonchev–Trinajstić information content (AvgIpc) is 2.35. The molecule has 0 bridgehead atoms. The second kappa shape index (κ2) is 6.17. The number of fused-ring (bicyclic) bond motifs is 1. The fourth-order valence-electron chi connectivity index (χ4n) is 3.10. The molecule has 0 radical (unpaired) electrons. The van der Waals surface area contributed by atoms with Crippen molar-refractivity contribution in [1.29, 1.82) is 0 Å². The Morgan fingerprint density at radius 1 is 1.29 bits per heavy atom. The minimum Gasteiger partial charge on any atom is -0.375 e. The van der Waals surface area contributed by atoms with Gasteiger partial charge in [-0.3, -0.25) is 4.90 Å². The van der Waals surface area contributed by atoms with E-state index in [4.69, 9.17) is 10.5 Å². The Bertz CT molecular complexity index is 230. The van der Waals surface area contributed by atoms with Gasteiger partial charge >= 0.3 is 0 Å². The summed E-state index contributed by atoms with van der Waals surface area (Å²) < 4.78 is 5.89. The maximum atomic E-state index is 6.14. The van der Waals surface area contributed by atoms with E-state index in [1.807, 2.05) is 0 Å². The third-order valence-corrected chi connectivity index (χ3v) is 4.45. The highest BCUT2D eigenvalue weighted by atomic mass is 16.5. The van der Waals surface area contributed by atoms with Crippen LogP contribution in [0.4, 0.5) is 0 Å². The molecule has 0 spiro atoms. The van der Waals surface area contributed by atoms with Gasteiger partial charge in [0.2, 0.25) is 0 Å². The monoisotopic (exact) mass is 240 g/mol. The molecule has 1 saturated heterocycles. The lowest BCUT2D eigenvalue weighted by molar-refractivity contribution is -0.0887. The van der Waals surface area contributed by atoms with Gasteiger partial charge in [0, 0.05) is 25.2 Å². The minimum atomic E-state index is 0.347. The van der Waals surface area contributed by atoms with Crippen LogP contribution in [0.1, 0.15) is 46.0 Å². The molecule has 1 saturated carbocycles. The summed E-state index contributed by atoms with van der Waals surface area (Å²) in [5.74, 6) is 0.596. The van der Waals surface area contributed by atoms with Crippen molar-refractivity contribution >= 4 is 0 Å². The minimum absolute atomic E-state index is 0.347.